The zero-order valence-electron chi connectivity index (χ0n) is 11.6. The number of hydrogen-bond donors (Lipinski definition) is 1. The molecule has 0 aliphatic heterocycles. The Labute approximate surface area is 109 Å². The molecule has 1 N–H and O–H groups in total. The van der Waals surface area contributed by atoms with Gasteiger partial charge in [0, 0.05) is 13.6 Å². The maximum atomic E-state index is 5.71. The highest BCUT2D eigenvalue weighted by atomic mass is 16.4. The minimum absolute atomic E-state index is 0.121. The van der Waals surface area contributed by atoms with Gasteiger partial charge >= 0.3 is 6.01 Å². The molecule has 1 unspecified atom stereocenters. The van der Waals surface area contributed by atoms with E-state index in [1.165, 1.54) is 25.7 Å². The maximum absolute atomic E-state index is 5.71. The Bertz CT molecular complexity index is 360. The van der Waals surface area contributed by atoms with E-state index in [1.54, 1.807) is 0 Å². The van der Waals surface area contributed by atoms with Crippen LogP contribution in [0.2, 0.25) is 0 Å². The van der Waals surface area contributed by atoms with Gasteiger partial charge in [0.2, 0.25) is 5.89 Å². The number of aromatic nitrogens is 2. The van der Waals surface area contributed by atoms with Crippen molar-refractivity contribution in [3.8, 4) is 0 Å². The zero-order valence-corrected chi connectivity index (χ0v) is 11.6. The van der Waals surface area contributed by atoms with Gasteiger partial charge in [0.05, 0.1) is 6.04 Å². The molecule has 0 radical (unpaired) electrons. The normalized spacial score (nSPS) is 18.2. The standard InChI is InChI=1S/C13H24N4O/c1-4-14-10(2)12-15-16-13(18-12)17(3)9-11-7-5-6-8-11/h10-11,14H,4-9H2,1-3H3. The number of nitrogens with one attached hydrogen (secondary N) is 1. The molecule has 0 aromatic carbocycles. The molecular formula is C13H24N4O. The predicted molar refractivity (Wildman–Crippen MR) is 71.6 cm³/mol. The van der Waals surface area contributed by atoms with Crippen LogP contribution in [-0.4, -0.2) is 30.3 Å². The number of rotatable bonds is 6. The van der Waals surface area contributed by atoms with Crippen LogP contribution in [-0.2, 0) is 0 Å². The Balaban J connectivity index is 1.91. The van der Waals surface area contributed by atoms with Crippen LogP contribution in [0.4, 0.5) is 6.01 Å². The van der Waals surface area contributed by atoms with Crippen molar-refractivity contribution in [1.82, 2.24) is 15.5 Å². The molecule has 0 spiro atoms. The molecule has 1 aliphatic carbocycles. The molecule has 1 atom stereocenters. The fraction of sp³-hybridized carbons (Fsp3) is 0.846. The van der Waals surface area contributed by atoms with Crippen LogP contribution in [0.5, 0.6) is 0 Å². The fourth-order valence-corrected chi connectivity index (χ4v) is 2.61. The van der Waals surface area contributed by atoms with E-state index in [2.05, 4.69) is 27.3 Å². The summed E-state index contributed by atoms with van der Waals surface area (Å²) in [4.78, 5) is 2.09. The molecule has 1 aromatic rings. The number of anilines is 1. The van der Waals surface area contributed by atoms with Gasteiger partial charge in [0.1, 0.15) is 0 Å². The van der Waals surface area contributed by atoms with Gasteiger partial charge in [0.25, 0.3) is 0 Å². The lowest BCUT2D eigenvalue weighted by Crippen LogP contribution is -2.24. The fourth-order valence-electron chi connectivity index (χ4n) is 2.61. The van der Waals surface area contributed by atoms with Gasteiger partial charge in [-0.05, 0) is 32.2 Å². The lowest BCUT2D eigenvalue weighted by atomic mass is 10.1. The van der Waals surface area contributed by atoms with Gasteiger partial charge in [-0.25, -0.2) is 0 Å². The summed E-state index contributed by atoms with van der Waals surface area (Å²) in [7, 11) is 2.04. The molecule has 1 saturated carbocycles. The topological polar surface area (TPSA) is 54.2 Å². The largest absolute Gasteiger partial charge is 0.406 e. The predicted octanol–water partition coefficient (Wildman–Crippen LogP) is 2.37. The Hall–Kier alpha value is -1.10. The lowest BCUT2D eigenvalue weighted by molar-refractivity contribution is 0.415. The minimum Gasteiger partial charge on any atom is -0.406 e. The molecule has 5 nitrogen and oxygen atoms in total. The first-order valence-corrected chi connectivity index (χ1v) is 6.98. The summed E-state index contributed by atoms with van der Waals surface area (Å²) in [6.45, 7) is 6.03. The van der Waals surface area contributed by atoms with Gasteiger partial charge in [-0.2, -0.15) is 0 Å². The molecule has 0 bridgehead atoms. The van der Waals surface area contributed by atoms with E-state index in [0.717, 1.165) is 19.0 Å². The summed E-state index contributed by atoms with van der Waals surface area (Å²) in [6.07, 6.45) is 5.40. The molecule has 1 fully saturated rings. The van der Waals surface area contributed by atoms with Gasteiger partial charge in [-0.1, -0.05) is 24.9 Å². The van der Waals surface area contributed by atoms with Crippen molar-refractivity contribution in [2.24, 2.45) is 5.92 Å². The average molecular weight is 252 g/mol. The van der Waals surface area contributed by atoms with E-state index in [-0.39, 0.29) is 6.04 Å². The highest BCUT2D eigenvalue weighted by Gasteiger charge is 2.20. The summed E-state index contributed by atoms with van der Waals surface area (Å²) in [5.74, 6) is 1.46. The van der Waals surface area contributed by atoms with Gasteiger partial charge in [0.15, 0.2) is 0 Å². The van der Waals surface area contributed by atoms with Crippen molar-refractivity contribution < 1.29 is 4.42 Å². The second kappa shape index (κ2) is 6.18. The maximum Gasteiger partial charge on any atom is 0.317 e. The second-order valence-corrected chi connectivity index (χ2v) is 5.23. The third kappa shape index (κ3) is 3.22. The highest BCUT2D eigenvalue weighted by Crippen LogP contribution is 2.26. The second-order valence-electron chi connectivity index (χ2n) is 5.23. The van der Waals surface area contributed by atoms with Gasteiger partial charge < -0.3 is 14.6 Å². The van der Waals surface area contributed by atoms with E-state index < -0.39 is 0 Å². The van der Waals surface area contributed by atoms with E-state index in [1.807, 2.05) is 14.0 Å². The highest BCUT2D eigenvalue weighted by molar-refractivity contribution is 5.22. The average Bonchev–Trinajstić information content (AvgIpc) is 2.99. The summed E-state index contributed by atoms with van der Waals surface area (Å²) < 4.78 is 5.71. The monoisotopic (exact) mass is 252 g/mol. The first kappa shape index (κ1) is 13.3. The van der Waals surface area contributed by atoms with Gasteiger partial charge in [-0.15, -0.1) is 5.10 Å². The molecule has 2 rings (SSSR count). The number of hydrogen-bond acceptors (Lipinski definition) is 5. The van der Waals surface area contributed by atoms with Crippen molar-refractivity contribution in [3.63, 3.8) is 0 Å². The quantitative estimate of drug-likeness (QED) is 0.842. The summed E-state index contributed by atoms with van der Waals surface area (Å²) in [5, 5.41) is 11.5. The molecule has 0 amide bonds. The summed E-state index contributed by atoms with van der Waals surface area (Å²) in [5.41, 5.74) is 0. The minimum atomic E-state index is 0.121. The van der Waals surface area contributed by atoms with Crippen LogP contribution >= 0.6 is 0 Å². The Kier molecular flexibility index (Phi) is 4.58. The van der Waals surface area contributed by atoms with E-state index in [9.17, 15) is 0 Å². The van der Waals surface area contributed by atoms with Crippen molar-refractivity contribution in [1.29, 1.82) is 0 Å². The Morgan fingerprint density at radius 2 is 2.11 bits per heavy atom. The van der Waals surface area contributed by atoms with Crippen molar-refractivity contribution in [2.75, 3.05) is 25.0 Å². The van der Waals surface area contributed by atoms with Crippen LogP contribution in [0.25, 0.3) is 0 Å². The van der Waals surface area contributed by atoms with Crippen LogP contribution in [0.1, 0.15) is 51.5 Å². The first-order chi connectivity index (χ1) is 8.70. The first-order valence-electron chi connectivity index (χ1n) is 6.98. The van der Waals surface area contributed by atoms with Crippen LogP contribution in [0, 0.1) is 5.92 Å². The SMILES string of the molecule is CCNC(C)c1nnc(N(C)CC2CCCC2)o1. The van der Waals surface area contributed by atoms with Crippen molar-refractivity contribution in [2.45, 2.75) is 45.6 Å². The molecule has 5 heteroatoms. The van der Waals surface area contributed by atoms with Crippen molar-refractivity contribution in [3.05, 3.63) is 5.89 Å². The van der Waals surface area contributed by atoms with Crippen LogP contribution in [0.3, 0.4) is 0 Å². The molecular weight excluding hydrogens is 228 g/mol. The van der Waals surface area contributed by atoms with Crippen LogP contribution in [0.15, 0.2) is 4.42 Å². The summed E-state index contributed by atoms with van der Waals surface area (Å²) in [6, 6.07) is 0.762. The lowest BCUT2D eigenvalue weighted by Gasteiger charge is -2.18. The molecule has 1 aliphatic rings. The smallest absolute Gasteiger partial charge is 0.317 e. The van der Waals surface area contributed by atoms with E-state index >= 15 is 0 Å². The van der Waals surface area contributed by atoms with E-state index in [4.69, 9.17) is 4.42 Å². The third-order valence-electron chi connectivity index (χ3n) is 3.64. The molecule has 18 heavy (non-hydrogen) atoms. The van der Waals surface area contributed by atoms with Crippen LogP contribution < -0.4 is 10.2 Å². The van der Waals surface area contributed by atoms with E-state index in [0.29, 0.717) is 11.9 Å². The molecule has 102 valence electrons. The molecule has 1 heterocycles. The number of nitrogens with zero attached hydrogens (tertiary/aromatic N) is 3. The Morgan fingerprint density at radius 3 is 2.78 bits per heavy atom. The molecule has 1 aromatic heterocycles. The summed E-state index contributed by atoms with van der Waals surface area (Å²) >= 11 is 0. The van der Waals surface area contributed by atoms with Gasteiger partial charge in [-0.3, -0.25) is 0 Å². The molecule has 0 saturated heterocycles. The zero-order chi connectivity index (χ0) is 13.0. The third-order valence-corrected chi connectivity index (χ3v) is 3.64. The van der Waals surface area contributed by atoms with Crippen molar-refractivity contribution >= 4 is 6.01 Å². The Morgan fingerprint density at radius 1 is 1.39 bits per heavy atom.